The topological polar surface area (TPSA) is 0 Å². The molecule has 1 aromatic carbocycles. The highest BCUT2D eigenvalue weighted by molar-refractivity contribution is 9.10. The molecule has 0 nitrogen and oxygen atoms in total. The monoisotopic (exact) mass is 274 g/mol. The molecule has 1 rings (SSSR count). The average molecular weight is 275 g/mol. The van der Waals surface area contributed by atoms with Crippen molar-refractivity contribution < 1.29 is 17.6 Å². The summed E-state index contributed by atoms with van der Waals surface area (Å²) in [6.07, 6.45) is 0. The van der Waals surface area contributed by atoms with Gasteiger partial charge in [-0.05, 0) is 39.8 Å². The molecule has 0 unspecified atom stereocenters. The van der Waals surface area contributed by atoms with Gasteiger partial charge in [-0.15, -0.1) is 0 Å². The molecule has 0 radical (unpaired) electrons. The lowest BCUT2D eigenvalue weighted by atomic mass is 10.3. The van der Waals surface area contributed by atoms with Crippen molar-refractivity contribution in [3.8, 4) is 0 Å². The summed E-state index contributed by atoms with van der Waals surface area (Å²) in [6.45, 7) is 0. The minimum Gasteiger partial charge on any atom is -0.206 e. The summed E-state index contributed by atoms with van der Waals surface area (Å²) in [5.74, 6) is -0.878. The third-order valence-electron chi connectivity index (χ3n) is 1.14. The van der Waals surface area contributed by atoms with Crippen molar-refractivity contribution >= 4 is 27.7 Å². The van der Waals surface area contributed by atoms with E-state index in [1.165, 1.54) is 12.1 Å². The maximum absolute atomic E-state index is 12.8. The molecule has 0 amide bonds. The van der Waals surface area contributed by atoms with Gasteiger partial charge in [0.25, 0.3) is 0 Å². The maximum Gasteiger partial charge on any atom is 0.446 e. The first-order valence-corrected chi connectivity index (χ1v) is 4.71. The quantitative estimate of drug-likeness (QED) is 0.546. The van der Waals surface area contributed by atoms with Crippen LogP contribution in [0.3, 0.4) is 0 Å². The highest BCUT2D eigenvalue weighted by Gasteiger charge is 2.31. The fourth-order valence-corrected chi connectivity index (χ4v) is 1.84. The summed E-state index contributed by atoms with van der Waals surface area (Å²) >= 11 is 2.37. The van der Waals surface area contributed by atoms with Crippen molar-refractivity contribution in [2.45, 2.75) is 10.4 Å². The van der Waals surface area contributed by atoms with Crippen molar-refractivity contribution in [1.29, 1.82) is 0 Å². The second-order valence-corrected chi connectivity index (χ2v) is 4.03. The molecule has 0 heterocycles. The van der Waals surface area contributed by atoms with Gasteiger partial charge in [0, 0.05) is 4.47 Å². The molecule has 0 aliphatic carbocycles. The summed E-state index contributed by atoms with van der Waals surface area (Å²) < 4.78 is 48.6. The summed E-state index contributed by atoms with van der Waals surface area (Å²) in [5.41, 5.74) is -4.47. The van der Waals surface area contributed by atoms with Gasteiger partial charge in [0.15, 0.2) is 0 Å². The number of alkyl halides is 3. The summed E-state index contributed by atoms with van der Waals surface area (Å²) in [7, 11) is 0. The summed E-state index contributed by atoms with van der Waals surface area (Å²) in [6, 6.07) is 3.68. The van der Waals surface area contributed by atoms with Gasteiger partial charge in [-0.2, -0.15) is 13.2 Å². The van der Waals surface area contributed by atoms with E-state index in [9.17, 15) is 17.6 Å². The molecule has 0 bridgehead atoms. The fourth-order valence-electron chi connectivity index (χ4n) is 0.696. The predicted molar refractivity (Wildman–Crippen MR) is 46.0 cm³/mol. The van der Waals surface area contributed by atoms with Crippen LogP contribution in [-0.2, 0) is 0 Å². The van der Waals surface area contributed by atoms with Crippen LogP contribution in [0.2, 0.25) is 0 Å². The van der Waals surface area contributed by atoms with Gasteiger partial charge in [-0.3, -0.25) is 0 Å². The minimum absolute atomic E-state index is 0.106. The minimum atomic E-state index is -4.47. The molecule has 1 aromatic rings. The molecule has 0 atom stereocenters. The van der Waals surface area contributed by atoms with Gasteiger partial charge in [0.1, 0.15) is 5.82 Å². The zero-order valence-corrected chi connectivity index (χ0v) is 8.43. The van der Waals surface area contributed by atoms with Crippen molar-refractivity contribution in [3.05, 3.63) is 28.5 Å². The van der Waals surface area contributed by atoms with Crippen LogP contribution in [0.15, 0.2) is 27.6 Å². The highest BCUT2D eigenvalue weighted by Crippen LogP contribution is 2.41. The molecule has 13 heavy (non-hydrogen) atoms. The molecular formula is C7H3BrF4S. The third kappa shape index (κ3) is 3.19. The van der Waals surface area contributed by atoms with Crippen LogP contribution >= 0.6 is 27.7 Å². The van der Waals surface area contributed by atoms with Gasteiger partial charge in [-0.25, -0.2) is 4.39 Å². The summed E-state index contributed by atoms with van der Waals surface area (Å²) in [5, 5.41) is 0. The average Bonchev–Trinajstić information content (AvgIpc) is 1.95. The SMILES string of the molecule is Fc1cccc(Br)c1SC(F)(F)F. The van der Waals surface area contributed by atoms with E-state index >= 15 is 0 Å². The molecule has 0 aliphatic rings. The van der Waals surface area contributed by atoms with Crippen molar-refractivity contribution in [1.82, 2.24) is 0 Å². The largest absolute Gasteiger partial charge is 0.446 e. The molecular weight excluding hydrogens is 272 g/mol. The van der Waals surface area contributed by atoms with E-state index in [2.05, 4.69) is 15.9 Å². The van der Waals surface area contributed by atoms with E-state index in [-0.39, 0.29) is 4.47 Å². The second-order valence-electron chi connectivity index (χ2n) is 2.10. The summed E-state index contributed by atoms with van der Waals surface area (Å²) in [4.78, 5) is -0.435. The zero-order chi connectivity index (χ0) is 10.1. The number of rotatable bonds is 1. The lowest BCUT2D eigenvalue weighted by Gasteiger charge is -2.07. The molecule has 0 N–H and O–H groups in total. The van der Waals surface area contributed by atoms with Gasteiger partial charge in [0.05, 0.1) is 4.90 Å². The van der Waals surface area contributed by atoms with E-state index in [4.69, 9.17) is 0 Å². The smallest absolute Gasteiger partial charge is 0.206 e. The number of halogens is 5. The molecule has 0 spiro atoms. The normalized spacial score (nSPS) is 11.8. The molecule has 0 aliphatic heterocycles. The predicted octanol–water partition coefficient (Wildman–Crippen LogP) is 4.20. The van der Waals surface area contributed by atoms with Gasteiger partial charge >= 0.3 is 5.51 Å². The standard InChI is InChI=1S/C7H3BrF4S/c8-4-2-1-3-5(9)6(4)13-7(10,11)12/h1-3H. The van der Waals surface area contributed by atoms with Crippen LogP contribution in [-0.4, -0.2) is 5.51 Å². The number of hydrogen-bond acceptors (Lipinski definition) is 1. The lowest BCUT2D eigenvalue weighted by Crippen LogP contribution is -2.00. The van der Waals surface area contributed by atoms with E-state index in [0.29, 0.717) is 0 Å². The van der Waals surface area contributed by atoms with Gasteiger partial charge in [-0.1, -0.05) is 6.07 Å². The Hall–Kier alpha value is -0.230. The van der Waals surface area contributed by atoms with E-state index in [1.54, 1.807) is 0 Å². The van der Waals surface area contributed by atoms with Crippen LogP contribution in [0.5, 0.6) is 0 Å². The first kappa shape index (κ1) is 10.8. The van der Waals surface area contributed by atoms with Gasteiger partial charge in [0.2, 0.25) is 0 Å². The third-order valence-corrected chi connectivity index (χ3v) is 2.91. The van der Waals surface area contributed by atoms with Crippen LogP contribution in [0, 0.1) is 5.82 Å². The Balaban J connectivity index is 3.00. The van der Waals surface area contributed by atoms with Crippen LogP contribution in [0.25, 0.3) is 0 Å². The Labute approximate surface area is 84.4 Å². The van der Waals surface area contributed by atoms with Crippen LogP contribution < -0.4 is 0 Å². The molecule has 0 aromatic heterocycles. The number of hydrogen-bond donors (Lipinski definition) is 0. The van der Waals surface area contributed by atoms with Crippen molar-refractivity contribution in [2.75, 3.05) is 0 Å². The van der Waals surface area contributed by atoms with Crippen molar-refractivity contribution in [2.24, 2.45) is 0 Å². The van der Waals surface area contributed by atoms with E-state index in [0.717, 1.165) is 6.07 Å². The van der Waals surface area contributed by atoms with E-state index < -0.39 is 28.0 Å². The zero-order valence-electron chi connectivity index (χ0n) is 6.03. The Kier molecular flexibility index (Phi) is 3.23. The second kappa shape index (κ2) is 3.88. The molecule has 0 fully saturated rings. The highest BCUT2D eigenvalue weighted by atomic mass is 79.9. The Bertz CT molecular complexity index is 290. The molecule has 0 saturated heterocycles. The molecule has 6 heteroatoms. The first-order chi connectivity index (χ1) is 5.90. The Morgan fingerprint density at radius 1 is 1.23 bits per heavy atom. The molecule has 72 valence electrons. The Morgan fingerprint density at radius 3 is 2.31 bits per heavy atom. The fraction of sp³-hybridized carbons (Fsp3) is 0.143. The maximum atomic E-state index is 12.8. The first-order valence-electron chi connectivity index (χ1n) is 3.10. The number of thioether (sulfide) groups is 1. The number of benzene rings is 1. The van der Waals surface area contributed by atoms with Crippen LogP contribution in [0.4, 0.5) is 17.6 Å². The molecule has 0 saturated carbocycles. The lowest BCUT2D eigenvalue weighted by molar-refractivity contribution is -0.0329. The van der Waals surface area contributed by atoms with E-state index in [1.807, 2.05) is 0 Å². The van der Waals surface area contributed by atoms with Gasteiger partial charge < -0.3 is 0 Å². The Morgan fingerprint density at radius 2 is 1.85 bits per heavy atom. The van der Waals surface area contributed by atoms with Crippen LogP contribution in [0.1, 0.15) is 0 Å². The van der Waals surface area contributed by atoms with Crippen molar-refractivity contribution in [3.63, 3.8) is 0 Å².